The van der Waals surface area contributed by atoms with E-state index in [0.29, 0.717) is 12.6 Å². The lowest BCUT2D eigenvalue weighted by Crippen LogP contribution is -2.46. The Bertz CT molecular complexity index is 347. The maximum Gasteiger partial charge on any atom is 0.106 e. The topological polar surface area (TPSA) is 30.5 Å². The van der Waals surface area contributed by atoms with E-state index in [2.05, 4.69) is 42.6 Å². The number of rotatable bonds is 6. The van der Waals surface area contributed by atoms with Crippen LogP contribution in [0.2, 0.25) is 0 Å². The molecule has 1 N–H and O–H groups in total. The smallest absolute Gasteiger partial charge is 0.106 e. The number of hydrogen-bond acceptors (Lipinski definition) is 3. The molecule has 18 heavy (non-hydrogen) atoms. The lowest BCUT2D eigenvalue weighted by molar-refractivity contribution is -0.0171. The fourth-order valence-corrected chi connectivity index (χ4v) is 2.36. The van der Waals surface area contributed by atoms with Crippen molar-refractivity contribution >= 4 is 0 Å². The summed E-state index contributed by atoms with van der Waals surface area (Å²) < 4.78 is 11.0. The van der Waals surface area contributed by atoms with Gasteiger partial charge < -0.3 is 14.8 Å². The van der Waals surface area contributed by atoms with Gasteiger partial charge in [0.25, 0.3) is 0 Å². The number of hydrogen-bond donors (Lipinski definition) is 1. The zero-order valence-electron chi connectivity index (χ0n) is 11.3. The molecule has 0 aliphatic carbocycles. The molecule has 3 heteroatoms. The third kappa shape index (κ3) is 3.55. The van der Waals surface area contributed by atoms with E-state index < -0.39 is 0 Å². The average Bonchev–Trinajstić information content (AvgIpc) is 2.87. The highest BCUT2D eigenvalue weighted by Crippen LogP contribution is 2.21. The molecule has 1 aliphatic rings. The van der Waals surface area contributed by atoms with Gasteiger partial charge in [0.2, 0.25) is 0 Å². The molecule has 2 atom stereocenters. The van der Waals surface area contributed by atoms with Crippen LogP contribution in [0.15, 0.2) is 30.3 Å². The van der Waals surface area contributed by atoms with Gasteiger partial charge in [0.15, 0.2) is 0 Å². The second-order valence-electron chi connectivity index (χ2n) is 5.16. The van der Waals surface area contributed by atoms with Crippen molar-refractivity contribution in [2.45, 2.75) is 31.4 Å². The monoisotopic (exact) mass is 249 g/mol. The molecule has 0 saturated carbocycles. The first kappa shape index (κ1) is 13.5. The van der Waals surface area contributed by atoms with Crippen molar-refractivity contribution in [3.8, 4) is 0 Å². The van der Waals surface area contributed by atoms with Crippen molar-refractivity contribution in [2.75, 3.05) is 26.9 Å². The molecular formula is C15H23NO2. The first-order valence-corrected chi connectivity index (χ1v) is 6.64. The van der Waals surface area contributed by atoms with Crippen molar-refractivity contribution in [3.05, 3.63) is 35.9 Å². The molecule has 1 heterocycles. The van der Waals surface area contributed by atoms with Crippen molar-refractivity contribution in [2.24, 2.45) is 0 Å². The van der Waals surface area contributed by atoms with Gasteiger partial charge in [-0.05, 0) is 18.9 Å². The summed E-state index contributed by atoms with van der Waals surface area (Å²) in [6.45, 7) is 4.58. The minimum atomic E-state index is -0.120. The quantitative estimate of drug-likeness (QED) is 0.836. The number of nitrogens with one attached hydrogen (secondary N) is 1. The predicted molar refractivity (Wildman–Crippen MR) is 72.8 cm³/mol. The molecule has 1 aromatic carbocycles. The van der Waals surface area contributed by atoms with E-state index in [1.165, 1.54) is 5.56 Å². The largest absolute Gasteiger partial charge is 0.378 e. The molecule has 1 saturated heterocycles. The van der Waals surface area contributed by atoms with Crippen LogP contribution in [0.25, 0.3) is 0 Å². The summed E-state index contributed by atoms with van der Waals surface area (Å²) in [5.41, 5.74) is 1.25. The third-order valence-corrected chi connectivity index (χ3v) is 3.66. The van der Waals surface area contributed by atoms with E-state index in [-0.39, 0.29) is 5.60 Å². The average molecular weight is 249 g/mol. The van der Waals surface area contributed by atoms with E-state index in [1.807, 2.05) is 0 Å². The van der Waals surface area contributed by atoms with Crippen molar-refractivity contribution in [1.29, 1.82) is 0 Å². The maximum atomic E-state index is 5.61. The van der Waals surface area contributed by atoms with Gasteiger partial charge in [0, 0.05) is 32.7 Å². The summed E-state index contributed by atoms with van der Waals surface area (Å²) in [5, 5.41) is 3.56. The van der Waals surface area contributed by atoms with E-state index >= 15 is 0 Å². The third-order valence-electron chi connectivity index (χ3n) is 3.66. The molecule has 100 valence electrons. The number of benzene rings is 1. The highest BCUT2D eigenvalue weighted by Gasteiger charge is 2.34. The van der Waals surface area contributed by atoms with Gasteiger partial charge in [-0.1, -0.05) is 30.3 Å². The van der Waals surface area contributed by atoms with Crippen molar-refractivity contribution in [1.82, 2.24) is 5.32 Å². The van der Waals surface area contributed by atoms with Gasteiger partial charge in [-0.3, -0.25) is 0 Å². The summed E-state index contributed by atoms with van der Waals surface area (Å²) in [6, 6.07) is 11.0. The second kappa shape index (κ2) is 6.32. The molecule has 2 unspecified atom stereocenters. The molecule has 0 spiro atoms. The first-order chi connectivity index (χ1) is 8.74. The normalized spacial score (nSPS) is 25.2. The first-order valence-electron chi connectivity index (χ1n) is 6.64. The Kier molecular flexibility index (Phi) is 4.75. The van der Waals surface area contributed by atoms with Crippen LogP contribution in [0, 0.1) is 0 Å². The van der Waals surface area contributed by atoms with Crippen LogP contribution in [-0.4, -0.2) is 38.5 Å². The summed E-state index contributed by atoms with van der Waals surface area (Å²) in [4.78, 5) is 0. The minimum Gasteiger partial charge on any atom is -0.378 e. The molecule has 0 aromatic heterocycles. The fraction of sp³-hybridized carbons (Fsp3) is 0.600. The molecule has 1 aromatic rings. The Morgan fingerprint density at radius 2 is 2.17 bits per heavy atom. The summed E-state index contributed by atoms with van der Waals surface area (Å²) >= 11 is 0. The maximum absolute atomic E-state index is 5.61. The predicted octanol–water partition coefficient (Wildman–Crippen LogP) is 2.01. The molecule has 1 fully saturated rings. The van der Waals surface area contributed by atoms with Crippen LogP contribution in [0.1, 0.15) is 18.9 Å². The van der Waals surface area contributed by atoms with Gasteiger partial charge in [0.1, 0.15) is 5.60 Å². The highest BCUT2D eigenvalue weighted by molar-refractivity contribution is 5.15. The molecule has 3 nitrogen and oxygen atoms in total. The Morgan fingerprint density at radius 1 is 1.39 bits per heavy atom. The molecule has 1 aliphatic heterocycles. The van der Waals surface area contributed by atoms with Crippen LogP contribution < -0.4 is 5.32 Å². The Labute approximate surface area is 109 Å². The van der Waals surface area contributed by atoms with Crippen molar-refractivity contribution in [3.63, 3.8) is 0 Å². The van der Waals surface area contributed by atoms with Crippen LogP contribution in [-0.2, 0) is 15.9 Å². The summed E-state index contributed by atoms with van der Waals surface area (Å²) in [5.74, 6) is 0. The Morgan fingerprint density at radius 3 is 2.78 bits per heavy atom. The standard InChI is InChI=1S/C15H23NO2/c1-13(10-14-6-4-3-5-7-14)16-11-15(17-2)8-9-18-12-15/h3-7,13,16H,8-12H2,1-2H3. The SMILES string of the molecule is COC1(CNC(C)Cc2ccccc2)CCOC1. The summed E-state index contributed by atoms with van der Waals surface area (Å²) in [6.07, 6.45) is 2.02. The zero-order chi connectivity index (χ0) is 12.8. The van der Waals surface area contributed by atoms with Gasteiger partial charge in [0.05, 0.1) is 6.61 Å². The van der Waals surface area contributed by atoms with Gasteiger partial charge in [-0.2, -0.15) is 0 Å². The molecular weight excluding hydrogens is 226 g/mol. The van der Waals surface area contributed by atoms with Crippen LogP contribution >= 0.6 is 0 Å². The second-order valence-corrected chi connectivity index (χ2v) is 5.16. The van der Waals surface area contributed by atoms with E-state index in [0.717, 1.165) is 26.0 Å². The lowest BCUT2D eigenvalue weighted by atomic mass is 10.0. The molecule has 2 rings (SSSR count). The molecule has 0 radical (unpaired) electrons. The van der Waals surface area contributed by atoms with Crippen LogP contribution in [0.3, 0.4) is 0 Å². The highest BCUT2D eigenvalue weighted by atomic mass is 16.5. The van der Waals surface area contributed by atoms with Gasteiger partial charge in [-0.25, -0.2) is 0 Å². The van der Waals surface area contributed by atoms with Gasteiger partial charge in [-0.15, -0.1) is 0 Å². The van der Waals surface area contributed by atoms with Crippen molar-refractivity contribution < 1.29 is 9.47 Å². The summed E-state index contributed by atoms with van der Waals surface area (Å²) in [7, 11) is 1.78. The Balaban J connectivity index is 1.79. The van der Waals surface area contributed by atoms with Crippen LogP contribution in [0.4, 0.5) is 0 Å². The van der Waals surface area contributed by atoms with E-state index in [4.69, 9.17) is 9.47 Å². The Hall–Kier alpha value is -0.900. The lowest BCUT2D eigenvalue weighted by Gasteiger charge is -2.28. The zero-order valence-corrected chi connectivity index (χ0v) is 11.3. The minimum absolute atomic E-state index is 0.120. The van der Waals surface area contributed by atoms with E-state index in [9.17, 15) is 0 Å². The van der Waals surface area contributed by atoms with E-state index in [1.54, 1.807) is 7.11 Å². The van der Waals surface area contributed by atoms with Gasteiger partial charge >= 0.3 is 0 Å². The van der Waals surface area contributed by atoms with Crippen LogP contribution in [0.5, 0.6) is 0 Å². The molecule has 0 amide bonds. The fourth-order valence-electron chi connectivity index (χ4n) is 2.36. The molecule has 0 bridgehead atoms. The number of methoxy groups -OCH3 is 1. The number of ether oxygens (including phenoxy) is 2.